The molecule has 1 N–H and O–H groups in total. The Balaban J connectivity index is 1.67. The Kier molecular flexibility index (Phi) is 3.95. The highest BCUT2D eigenvalue weighted by atomic mass is 19.3. The van der Waals surface area contributed by atoms with Gasteiger partial charge in [-0.15, -0.1) is 0 Å². The summed E-state index contributed by atoms with van der Waals surface area (Å²) in [6, 6.07) is 8.17. The van der Waals surface area contributed by atoms with Crippen LogP contribution in [0, 0.1) is 11.8 Å². The standard InChI is InChI=1S/C16H17F2NO4/c17-16(18)9-19(13-7-11(14(20)21)6-12(13)16)15(22)23-8-10-4-2-1-3-5-10/h1-5,11-13H,6-9H2,(H,20,21). The third-order valence-corrected chi connectivity index (χ3v) is 4.64. The van der Waals surface area contributed by atoms with Crippen molar-refractivity contribution in [1.29, 1.82) is 0 Å². The van der Waals surface area contributed by atoms with Crippen LogP contribution in [0.4, 0.5) is 13.6 Å². The summed E-state index contributed by atoms with van der Waals surface area (Å²) in [5, 5.41) is 9.04. The van der Waals surface area contributed by atoms with Crippen molar-refractivity contribution in [1.82, 2.24) is 4.90 Å². The molecule has 1 aliphatic carbocycles. The highest BCUT2D eigenvalue weighted by molar-refractivity contribution is 5.72. The van der Waals surface area contributed by atoms with E-state index in [0.717, 1.165) is 10.5 Å². The maximum atomic E-state index is 14.1. The van der Waals surface area contributed by atoms with E-state index >= 15 is 0 Å². The second-order valence-corrected chi connectivity index (χ2v) is 6.11. The average molecular weight is 325 g/mol. The molecule has 1 saturated carbocycles. The van der Waals surface area contributed by atoms with Crippen LogP contribution < -0.4 is 0 Å². The van der Waals surface area contributed by atoms with E-state index in [9.17, 15) is 18.4 Å². The molecule has 7 heteroatoms. The smallest absolute Gasteiger partial charge is 0.410 e. The van der Waals surface area contributed by atoms with E-state index < -0.39 is 42.4 Å². The SMILES string of the molecule is O=C(O)C1CC2C(C1)C(F)(F)CN2C(=O)OCc1ccccc1. The van der Waals surface area contributed by atoms with E-state index in [1.54, 1.807) is 24.3 Å². The molecule has 1 saturated heterocycles. The zero-order valence-electron chi connectivity index (χ0n) is 12.3. The molecule has 3 rings (SSSR count). The number of aliphatic carboxylic acids is 1. The van der Waals surface area contributed by atoms with Gasteiger partial charge in [-0.25, -0.2) is 13.6 Å². The van der Waals surface area contributed by atoms with E-state index in [1.807, 2.05) is 6.07 Å². The summed E-state index contributed by atoms with van der Waals surface area (Å²) < 4.78 is 33.3. The average Bonchev–Trinajstić information content (AvgIpc) is 3.06. The van der Waals surface area contributed by atoms with Gasteiger partial charge in [-0.2, -0.15) is 0 Å². The first-order valence-corrected chi connectivity index (χ1v) is 7.46. The van der Waals surface area contributed by atoms with Gasteiger partial charge in [0.1, 0.15) is 6.61 Å². The lowest BCUT2D eigenvalue weighted by Crippen LogP contribution is -2.37. The number of carboxylic acid groups (broad SMARTS) is 1. The van der Waals surface area contributed by atoms with Crippen molar-refractivity contribution >= 4 is 12.1 Å². The molecule has 0 radical (unpaired) electrons. The van der Waals surface area contributed by atoms with Crippen molar-refractivity contribution in [3.63, 3.8) is 0 Å². The lowest BCUT2D eigenvalue weighted by molar-refractivity contribution is -0.142. The lowest BCUT2D eigenvalue weighted by Gasteiger charge is -2.22. The third kappa shape index (κ3) is 3.00. The van der Waals surface area contributed by atoms with Crippen molar-refractivity contribution in [2.24, 2.45) is 11.8 Å². The summed E-state index contributed by atoms with van der Waals surface area (Å²) in [5.74, 6) is -6.10. The number of likely N-dealkylation sites (tertiary alicyclic amines) is 1. The summed E-state index contributed by atoms with van der Waals surface area (Å²) in [5.41, 5.74) is 0.762. The van der Waals surface area contributed by atoms with Crippen LogP contribution in [-0.2, 0) is 16.1 Å². The number of benzene rings is 1. The van der Waals surface area contributed by atoms with Crippen molar-refractivity contribution in [3.8, 4) is 0 Å². The molecular weight excluding hydrogens is 308 g/mol. The molecule has 3 unspecified atom stereocenters. The van der Waals surface area contributed by atoms with Gasteiger partial charge in [-0.05, 0) is 18.4 Å². The van der Waals surface area contributed by atoms with Crippen molar-refractivity contribution < 1.29 is 28.2 Å². The van der Waals surface area contributed by atoms with Gasteiger partial charge in [0, 0.05) is 12.0 Å². The van der Waals surface area contributed by atoms with Gasteiger partial charge in [0.25, 0.3) is 5.92 Å². The van der Waals surface area contributed by atoms with E-state index in [4.69, 9.17) is 9.84 Å². The Morgan fingerprint density at radius 2 is 1.96 bits per heavy atom. The van der Waals surface area contributed by atoms with Crippen molar-refractivity contribution in [2.75, 3.05) is 6.54 Å². The zero-order chi connectivity index (χ0) is 16.6. The fourth-order valence-corrected chi connectivity index (χ4v) is 3.48. The number of carbonyl (C=O) groups is 2. The first kappa shape index (κ1) is 15.7. The van der Waals surface area contributed by atoms with Gasteiger partial charge in [-0.3, -0.25) is 9.69 Å². The Labute approximate surface area is 131 Å². The van der Waals surface area contributed by atoms with E-state index in [0.29, 0.717) is 0 Å². The minimum atomic E-state index is -3.07. The molecule has 1 aromatic rings. The fourth-order valence-electron chi connectivity index (χ4n) is 3.48. The van der Waals surface area contributed by atoms with Crippen LogP contribution in [0.2, 0.25) is 0 Å². The van der Waals surface area contributed by atoms with E-state index in [-0.39, 0.29) is 19.4 Å². The fraction of sp³-hybridized carbons (Fsp3) is 0.500. The minimum Gasteiger partial charge on any atom is -0.481 e. The number of carboxylic acids is 1. The molecule has 1 heterocycles. The molecule has 124 valence electrons. The van der Waals surface area contributed by atoms with Gasteiger partial charge in [0.15, 0.2) is 0 Å². The van der Waals surface area contributed by atoms with E-state index in [1.165, 1.54) is 0 Å². The highest BCUT2D eigenvalue weighted by Crippen LogP contribution is 2.49. The summed E-state index contributed by atoms with van der Waals surface area (Å²) in [4.78, 5) is 24.2. The van der Waals surface area contributed by atoms with Crippen LogP contribution in [0.5, 0.6) is 0 Å². The molecular formula is C16H17F2NO4. The molecule has 1 aromatic carbocycles. The summed E-state index contributed by atoms with van der Waals surface area (Å²) in [6.07, 6.45) is -0.863. The maximum Gasteiger partial charge on any atom is 0.410 e. The Hall–Kier alpha value is -2.18. The topological polar surface area (TPSA) is 66.8 Å². The number of carbonyl (C=O) groups excluding carboxylic acids is 1. The van der Waals surface area contributed by atoms with Gasteiger partial charge in [0.05, 0.1) is 12.5 Å². The number of hydrogen-bond donors (Lipinski definition) is 1. The van der Waals surface area contributed by atoms with Crippen LogP contribution >= 0.6 is 0 Å². The van der Waals surface area contributed by atoms with E-state index in [2.05, 4.69) is 0 Å². The first-order valence-electron chi connectivity index (χ1n) is 7.46. The molecule has 0 aromatic heterocycles. The zero-order valence-corrected chi connectivity index (χ0v) is 12.3. The summed E-state index contributed by atoms with van der Waals surface area (Å²) >= 11 is 0. The maximum absolute atomic E-state index is 14.1. The number of hydrogen-bond acceptors (Lipinski definition) is 3. The second kappa shape index (κ2) is 5.79. The Morgan fingerprint density at radius 3 is 2.61 bits per heavy atom. The van der Waals surface area contributed by atoms with Crippen molar-refractivity contribution in [3.05, 3.63) is 35.9 Å². The highest BCUT2D eigenvalue weighted by Gasteiger charge is 2.60. The second-order valence-electron chi connectivity index (χ2n) is 6.11. The summed E-state index contributed by atoms with van der Waals surface area (Å²) in [7, 11) is 0. The molecule has 3 atom stereocenters. The minimum absolute atomic E-state index is 0.00148. The summed E-state index contributed by atoms with van der Waals surface area (Å²) in [6.45, 7) is -0.705. The number of alkyl halides is 2. The normalized spacial score (nSPS) is 28.4. The van der Waals surface area contributed by atoms with Crippen molar-refractivity contribution in [2.45, 2.75) is 31.4 Å². The molecule has 0 bridgehead atoms. The third-order valence-electron chi connectivity index (χ3n) is 4.64. The lowest BCUT2D eigenvalue weighted by atomic mass is 9.99. The van der Waals surface area contributed by atoms with Crippen LogP contribution in [-0.4, -0.2) is 40.6 Å². The molecule has 5 nitrogen and oxygen atoms in total. The van der Waals surface area contributed by atoms with Crippen LogP contribution in [0.3, 0.4) is 0 Å². The van der Waals surface area contributed by atoms with Crippen LogP contribution in [0.25, 0.3) is 0 Å². The van der Waals surface area contributed by atoms with Gasteiger partial charge in [0.2, 0.25) is 0 Å². The quantitative estimate of drug-likeness (QED) is 0.928. The molecule has 2 fully saturated rings. The van der Waals surface area contributed by atoms with Gasteiger partial charge < -0.3 is 9.84 Å². The predicted octanol–water partition coefficient (Wildman–Crippen LogP) is 2.75. The van der Waals surface area contributed by atoms with Gasteiger partial charge >= 0.3 is 12.1 Å². The number of amides is 1. The number of nitrogens with zero attached hydrogens (tertiary/aromatic N) is 1. The monoisotopic (exact) mass is 325 g/mol. The number of ether oxygens (including phenoxy) is 1. The largest absolute Gasteiger partial charge is 0.481 e. The molecule has 0 spiro atoms. The van der Waals surface area contributed by atoms with Crippen LogP contribution in [0.1, 0.15) is 18.4 Å². The first-order chi connectivity index (χ1) is 10.9. The Morgan fingerprint density at radius 1 is 1.26 bits per heavy atom. The van der Waals surface area contributed by atoms with Crippen LogP contribution in [0.15, 0.2) is 30.3 Å². The number of halogens is 2. The molecule has 1 amide bonds. The molecule has 2 aliphatic rings. The number of rotatable bonds is 3. The van der Waals surface area contributed by atoms with Gasteiger partial charge in [-0.1, -0.05) is 30.3 Å². The molecule has 1 aliphatic heterocycles. The molecule has 23 heavy (non-hydrogen) atoms. The number of fused-ring (bicyclic) bond motifs is 1. The Bertz CT molecular complexity index is 607. The predicted molar refractivity (Wildman–Crippen MR) is 75.9 cm³/mol.